The monoisotopic (exact) mass is 388 g/mol. The van der Waals surface area contributed by atoms with Crippen LogP contribution in [-0.4, -0.2) is 29.1 Å². The van der Waals surface area contributed by atoms with E-state index in [0.29, 0.717) is 18.3 Å². The molecule has 6 atom stereocenters. The second-order valence-corrected chi connectivity index (χ2v) is 10.3. The molecule has 2 aliphatic carbocycles. The van der Waals surface area contributed by atoms with Crippen molar-refractivity contribution in [3.63, 3.8) is 0 Å². The van der Waals surface area contributed by atoms with Crippen LogP contribution in [-0.2, 0) is 19.1 Å². The molecule has 0 N–H and O–H groups in total. The highest BCUT2D eigenvalue weighted by atomic mass is 16.6. The zero-order chi connectivity index (χ0) is 20.1. The summed E-state index contributed by atoms with van der Waals surface area (Å²) >= 11 is 0. The lowest BCUT2D eigenvalue weighted by Crippen LogP contribution is -2.62. The van der Waals surface area contributed by atoms with Crippen LogP contribution in [0.4, 0.5) is 0 Å². The van der Waals surface area contributed by atoms with E-state index in [1.54, 1.807) is 6.08 Å². The van der Waals surface area contributed by atoms with E-state index in [4.69, 9.17) is 9.47 Å². The highest BCUT2D eigenvalue weighted by Crippen LogP contribution is 2.61. The van der Waals surface area contributed by atoms with E-state index >= 15 is 0 Å². The molecule has 4 rings (SSSR count). The summed E-state index contributed by atoms with van der Waals surface area (Å²) in [6.45, 7) is 8.42. The minimum atomic E-state index is -0.708. The molecule has 2 heterocycles. The van der Waals surface area contributed by atoms with Crippen molar-refractivity contribution in [2.45, 2.75) is 96.4 Å². The Bertz CT molecular complexity index is 662. The van der Waals surface area contributed by atoms with Crippen LogP contribution in [0.5, 0.6) is 0 Å². The quantitative estimate of drug-likeness (QED) is 0.510. The van der Waals surface area contributed by atoms with Crippen LogP contribution in [0, 0.1) is 29.6 Å². The number of allylic oxidation sites excluding steroid dienone is 1. The van der Waals surface area contributed by atoms with Gasteiger partial charge in [-0.2, -0.15) is 0 Å². The van der Waals surface area contributed by atoms with Crippen molar-refractivity contribution in [2.24, 2.45) is 29.6 Å². The first-order valence-electron chi connectivity index (χ1n) is 11.4. The summed E-state index contributed by atoms with van der Waals surface area (Å²) < 4.78 is 12.7. The van der Waals surface area contributed by atoms with E-state index in [0.717, 1.165) is 12.8 Å². The predicted molar refractivity (Wildman–Crippen MR) is 108 cm³/mol. The van der Waals surface area contributed by atoms with Gasteiger partial charge in [0.2, 0.25) is 0 Å². The van der Waals surface area contributed by atoms with Crippen molar-refractivity contribution in [1.29, 1.82) is 0 Å². The molecule has 0 aromatic heterocycles. The molecule has 4 fully saturated rings. The number of fused-ring (bicyclic) bond motifs is 4. The summed E-state index contributed by atoms with van der Waals surface area (Å²) in [5.74, 6) is 1.35. The molecular formula is C24H36O4. The van der Waals surface area contributed by atoms with Gasteiger partial charge in [-0.3, -0.25) is 4.79 Å². The van der Waals surface area contributed by atoms with Crippen LogP contribution in [0.2, 0.25) is 0 Å². The van der Waals surface area contributed by atoms with E-state index in [9.17, 15) is 9.59 Å². The Balaban J connectivity index is 1.59. The third-order valence-corrected chi connectivity index (χ3v) is 8.36. The maximum Gasteiger partial charge on any atom is 0.330 e. The number of ketones is 1. The zero-order valence-corrected chi connectivity index (χ0v) is 17.9. The summed E-state index contributed by atoms with van der Waals surface area (Å²) in [5, 5.41) is 0. The van der Waals surface area contributed by atoms with Crippen molar-refractivity contribution in [1.82, 2.24) is 0 Å². The molecule has 4 aliphatic rings. The van der Waals surface area contributed by atoms with E-state index in [2.05, 4.69) is 20.8 Å². The van der Waals surface area contributed by atoms with Gasteiger partial charge in [-0.1, -0.05) is 46.1 Å². The van der Waals surface area contributed by atoms with Gasteiger partial charge in [0.1, 0.15) is 17.3 Å². The SMILES string of the molecule is CC1CCC2C1C(OC(=O)/C=C/C1CCCCC1)C1(C(C)C)CC(=O)C2(C)O1. The maximum absolute atomic E-state index is 13.0. The van der Waals surface area contributed by atoms with Crippen molar-refractivity contribution in [2.75, 3.05) is 0 Å². The predicted octanol–water partition coefficient (Wildman–Crippen LogP) is 4.85. The van der Waals surface area contributed by atoms with Gasteiger partial charge in [0.05, 0.1) is 0 Å². The van der Waals surface area contributed by atoms with Gasteiger partial charge in [0, 0.05) is 24.3 Å². The lowest BCUT2D eigenvalue weighted by molar-refractivity contribution is -0.255. The lowest BCUT2D eigenvalue weighted by Gasteiger charge is -2.52. The largest absolute Gasteiger partial charge is 0.456 e. The Kier molecular flexibility index (Phi) is 5.22. The lowest BCUT2D eigenvalue weighted by atomic mass is 9.69. The van der Waals surface area contributed by atoms with Crippen molar-refractivity contribution < 1.29 is 19.1 Å². The highest BCUT2D eigenvalue weighted by Gasteiger charge is 2.71. The molecule has 4 nitrogen and oxygen atoms in total. The first kappa shape index (κ1) is 20.1. The fourth-order valence-electron chi connectivity index (χ4n) is 6.59. The van der Waals surface area contributed by atoms with E-state index in [-0.39, 0.29) is 35.6 Å². The zero-order valence-electron chi connectivity index (χ0n) is 17.9. The Morgan fingerprint density at radius 3 is 2.57 bits per heavy atom. The number of ether oxygens (including phenoxy) is 2. The summed E-state index contributed by atoms with van der Waals surface area (Å²) in [6, 6.07) is 0. The Morgan fingerprint density at radius 2 is 1.89 bits per heavy atom. The van der Waals surface area contributed by atoms with Crippen LogP contribution < -0.4 is 0 Å². The molecule has 0 radical (unpaired) electrons. The molecule has 2 aliphatic heterocycles. The minimum absolute atomic E-state index is 0.118. The highest BCUT2D eigenvalue weighted by molar-refractivity contribution is 5.91. The van der Waals surface area contributed by atoms with Crippen LogP contribution in [0.25, 0.3) is 0 Å². The molecule has 0 amide bonds. The fourth-order valence-corrected chi connectivity index (χ4v) is 6.59. The number of hydrogen-bond donors (Lipinski definition) is 0. The minimum Gasteiger partial charge on any atom is -0.456 e. The molecule has 0 aromatic carbocycles. The second kappa shape index (κ2) is 7.27. The second-order valence-electron chi connectivity index (χ2n) is 10.3. The fraction of sp³-hybridized carbons (Fsp3) is 0.833. The summed E-state index contributed by atoms with van der Waals surface area (Å²) in [5.41, 5.74) is -1.39. The van der Waals surface area contributed by atoms with Crippen LogP contribution >= 0.6 is 0 Å². The van der Waals surface area contributed by atoms with Gasteiger partial charge in [0.25, 0.3) is 0 Å². The Hall–Kier alpha value is -1.16. The molecule has 156 valence electrons. The van der Waals surface area contributed by atoms with Crippen LogP contribution in [0.15, 0.2) is 12.2 Å². The maximum atomic E-state index is 13.0. The van der Waals surface area contributed by atoms with Crippen molar-refractivity contribution >= 4 is 11.8 Å². The molecule has 28 heavy (non-hydrogen) atoms. The van der Waals surface area contributed by atoms with Gasteiger partial charge in [-0.15, -0.1) is 0 Å². The first-order chi connectivity index (χ1) is 13.3. The average Bonchev–Trinajstić information content (AvgIpc) is 3.16. The summed E-state index contributed by atoms with van der Waals surface area (Å²) in [4.78, 5) is 25.8. The van der Waals surface area contributed by atoms with Crippen LogP contribution in [0.3, 0.4) is 0 Å². The van der Waals surface area contributed by atoms with Gasteiger partial charge in [-0.25, -0.2) is 4.79 Å². The average molecular weight is 389 g/mol. The number of carbonyl (C=O) groups excluding carboxylic acids is 2. The van der Waals surface area contributed by atoms with Gasteiger partial charge in [-0.05, 0) is 50.4 Å². The molecule has 6 unspecified atom stereocenters. The van der Waals surface area contributed by atoms with Crippen LogP contribution in [0.1, 0.15) is 79.1 Å². The van der Waals surface area contributed by atoms with E-state index < -0.39 is 11.2 Å². The molecule has 0 spiro atoms. The molecule has 2 saturated carbocycles. The molecule has 0 aromatic rings. The number of Topliss-reactive ketones (excluding diaryl/α,β-unsaturated/α-hetero) is 1. The number of carbonyl (C=O) groups is 2. The summed E-state index contributed by atoms with van der Waals surface area (Å²) in [6.07, 6.45) is 11.9. The van der Waals surface area contributed by atoms with Gasteiger partial charge >= 0.3 is 5.97 Å². The number of esters is 1. The normalized spacial score (nSPS) is 43.7. The van der Waals surface area contributed by atoms with Gasteiger partial charge < -0.3 is 9.47 Å². The van der Waals surface area contributed by atoms with Crippen molar-refractivity contribution in [3.8, 4) is 0 Å². The van der Waals surface area contributed by atoms with Gasteiger partial charge in [0.15, 0.2) is 5.78 Å². The molecule has 4 heteroatoms. The third kappa shape index (κ3) is 3.07. The Labute approximate surface area is 169 Å². The smallest absolute Gasteiger partial charge is 0.330 e. The van der Waals surface area contributed by atoms with E-state index in [1.165, 1.54) is 32.1 Å². The molecule has 2 bridgehead atoms. The summed E-state index contributed by atoms with van der Waals surface area (Å²) in [7, 11) is 0. The third-order valence-electron chi connectivity index (χ3n) is 8.36. The standard InChI is InChI=1S/C24H36O4/c1-15(2)24-14-19(25)23(4,28-24)18-12-10-16(3)21(18)22(24)27-20(26)13-11-17-8-6-5-7-9-17/h11,13,15-18,21-22H,5-10,12,14H2,1-4H3/b13-11+. The Morgan fingerprint density at radius 1 is 1.18 bits per heavy atom. The van der Waals surface area contributed by atoms with Crippen molar-refractivity contribution in [3.05, 3.63) is 12.2 Å². The topological polar surface area (TPSA) is 52.6 Å². The molecule has 2 saturated heterocycles. The molecular weight excluding hydrogens is 352 g/mol. The number of rotatable bonds is 4. The first-order valence-corrected chi connectivity index (χ1v) is 11.4. The van der Waals surface area contributed by atoms with E-state index in [1.807, 2.05) is 13.0 Å². The number of hydrogen-bond acceptors (Lipinski definition) is 4.